The van der Waals surface area contributed by atoms with Gasteiger partial charge in [-0.3, -0.25) is 9.59 Å². The Morgan fingerprint density at radius 1 is 1.03 bits per heavy atom. The van der Waals surface area contributed by atoms with Crippen LogP contribution in [0.1, 0.15) is 55.0 Å². The lowest BCUT2D eigenvalue weighted by Crippen LogP contribution is -2.35. The molecule has 36 heavy (non-hydrogen) atoms. The number of allylic oxidation sites excluding steroid dienone is 4. The molecule has 6 heteroatoms. The van der Waals surface area contributed by atoms with Crippen LogP contribution in [0.3, 0.4) is 0 Å². The van der Waals surface area contributed by atoms with Crippen molar-refractivity contribution in [1.82, 2.24) is 10.3 Å². The molecule has 0 aliphatic carbocycles. The Bertz CT molecular complexity index is 1270. The monoisotopic (exact) mass is 478 g/mol. The van der Waals surface area contributed by atoms with Gasteiger partial charge in [0.25, 0.3) is 0 Å². The number of anilines is 1. The normalized spacial score (nSPS) is 13.1. The summed E-state index contributed by atoms with van der Waals surface area (Å²) in [5, 5.41) is 15.3. The highest BCUT2D eigenvalue weighted by Gasteiger charge is 2.21. The van der Waals surface area contributed by atoms with Crippen molar-refractivity contribution in [1.29, 1.82) is 5.26 Å². The number of nitrogens with one attached hydrogen (secondary N) is 2. The third-order valence-electron chi connectivity index (χ3n) is 5.69. The van der Waals surface area contributed by atoms with E-state index in [-0.39, 0.29) is 17.6 Å². The van der Waals surface area contributed by atoms with Gasteiger partial charge in [0.05, 0.1) is 11.6 Å². The highest BCUT2D eigenvalue weighted by Crippen LogP contribution is 2.21. The third-order valence-corrected chi connectivity index (χ3v) is 5.69. The first-order valence-electron chi connectivity index (χ1n) is 11.8. The first-order valence-corrected chi connectivity index (χ1v) is 11.8. The van der Waals surface area contributed by atoms with Crippen LogP contribution in [0.4, 0.5) is 5.82 Å². The fourth-order valence-electron chi connectivity index (χ4n) is 3.77. The minimum atomic E-state index is -0.579. The Kier molecular flexibility index (Phi) is 9.44. The van der Waals surface area contributed by atoms with Gasteiger partial charge in [-0.05, 0) is 66.8 Å². The van der Waals surface area contributed by atoms with Gasteiger partial charge in [-0.2, -0.15) is 5.26 Å². The molecule has 2 atom stereocenters. The second-order valence-electron chi connectivity index (χ2n) is 8.52. The number of carbonyl (C=O) groups excluding carboxylic acids is 2. The smallest absolute Gasteiger partial charge is 0.247 e. The molecule has 1 amide bonds. The fraction of sp³-hybridized carbons (Fsp3) is 0.200. The number of aromatic nitrogens is 1. The SMILES string of the molecule is C/C=C\C(=C/C(C)=O)c1ccc(NC(=O)C(NCC(C)c2ccc(C#N)cc2)c2ccccc2)nc1. The number of benzene rings is 2. The van der Waals surface area contributed by atoms with E-state index in [2.05, 4.69) is 28.6 Å². The standard InChI is InChI=1S/C30H30N4O2/c1-4-8-26(17-22(3)35)27-15-16-28(32-20-27)34-30(36)29(25-9-6-5-7-10-25)33-19-21(2)24-13-11-23(18-31)12-14-24/h4-17,20-21,29,33H,19H2,1-3H3,(H,32,34,36)/b8-4-,26-17+. The van der Waals surface area contributed by atoms with Gasteiger partial charge in [-0.1, -0.05) is 61.5 Å². The van der Waals surface area contributed by atoms with E-state index < -0.39 is 6.04 Å². The second kappa shape index (κ2) is 12.9. The average molecular weight is 479 g/mol. The van der Waals surface area contributed by atoms with Crippen LogP contribution in [0, 0.1) is 11.3 Å². The summed E-state index contributed by atoms with van der Waals surface area (Å²) in [5.41, 5.74) is 4.10. The van der Waals surface area contributed by atoms with Gasteiger partial charge >= 0.3 is 0 Å². The van der Waals surface area contributed by atoms with Crippen molar-refractivity contribution in [2.24, 2.45) is 0 Å². The Hall–Kier alpha value is -4.34. The van der Waals surface area contributed by atoms with E-state index >= 15 is 0 Å². The van der Waals surface area contributed by atoms with Crippen LogP contribution in [0.5, 0.6) is 0 Å². The lowest BCUT2D eigenvalue weighted by atomic mass is 9.98. The maximum Gasteiger partial charge on any atom is 0.247 e. The summed E-state index contributed by atoms with van der Waals surface area (Å²) < 4.78 is 0. The van der Waals surface area contributed by atoms with E-state index in [1.807, 2.05) is 67.6 Å². The highest BCUT2D eigenvalue weighted by molar-refractivity contribution is 5.98. The summed E-state index contributed by atoms with van der Waals surface area (Å²) in [6, 6.07) is 22.1. The van der Waals surface area contributed by atoms with E-state index in [4.69, 9.17) is 5.26 Å². The quantitative estimate of drug-likeness (QED) is 0.293. The van der Waals surface area contributed by atoms with Crippen LogP contribution in [0.2, 0.25) is 0 Å². The molecule has 2 N–H and O–H groups in total. The summed E-state index contributed by atoms with van der Waals surface area (Å²) in [6.45, 7) is 6.03. The highest BCUT2D eigenvalue weighted by atomic mass is 16.2. The Balaban J connectivity index is 1.74. The predicted octanol–water partition coefficient (Wildman–Crippen LogP) is 5.57. The number of hydrogen-bond donors (Lipinski definition) is 2. The number of nitrogens with zero attached hydrogens (tertiary/aromatic N) is 2. The molecule has 3 rings (SSSR count). The topological polar surface area (TPSA) is 94.9 Å². The molecule has 0 radical (unpaired) electrons. The Labute approximate surface area is 212 Å². The summed E-state index contributed by atoms with van der Waals surface area (Å²) in [4.78, 5) is 29.2. The van der Waals surface area contributed by atoms with Gasteiger partial charge in [0.15, 0.2) is 5.78 Å². The summed E-state index contributed by atoms with van der Waals surface area (Å²) >= 11 is 0. The summed E-state index contributed by atoms with van der Waals surface area (Å²) in [6.07, 6.45) is 6.91. The van der Waals surface area contributed by atoms with Crippen molar-refractivity contribution in [3.05, 3.63) is 113 Å². The Morgan fingerprint density at radius 3 is 2.33 bits per heavy atom. The minimum absolute atomic E-state index is 0.0486. The van der Waals surface area contributed by atoms with Crippen molar-refractivity contribution in [2.75, 3.05) is 11.9 Å². The number of hydrogen-bond acceptors (Lipinski definition) is 5. The zero-order valence-electron chi connectivity index (χ0n) is 20.7. The van der Waals surface area contributed by atoms with Crippen molar-refractivity contribution in [3.8, 4) is 6.07 Å². The first-order chi connectivity index (χ1) is 17.4. The second-order valence-corrected chi connectivity index (χ2v) is 8.52. The molecule has 1 aromatic heterocycles. The zero-order chi connectivity index (χ0) is 25.9. The van der Waals surface area contributed by atoms with E-state index in [9.17, 15) is 9.59 Å². The molecule has 182 valence electrons. The maximum absolute atomic E-state index is 13.3. The number of ketones is 1. The van der Waals surface area contributed by atoms with Crippen LogP contribution in [0.15, 0.2) is 91.2 Å². The molecule has 0 saturated heterocycles. The molecule has 0 spiro atoms. The minimum Gasteiger partial charge on any atom is -0.309 e. The van der Waals surface area contributed by atoms with Crippen LogP contribution in [-0.2, 0) is 9.59 Å². The molecule has 0 aliphatic heterocycles. The molecule has 6 nitrogen and oxygen atoms in total. The molecule has 0 aliphatic rings. The van der Waals surface area contributed by atoms with Gasteiger partial charge < -0.3 is 10.6 Å². The van der Waals surface area contributed by atoms with E-state index in [0.717, 1.165) is 22.3 Å². The van der Waals surface area contributed by atoms with Crippen molar-refractivity contribution >= 4 is 23.1 Å². The largest absolute Gasteiger partial charge is 0.309 e. The summed E-state index contributed by atoms with van der Waals surface area (Å²) in [5.74, 6) is 0.287. The molecule has 0 bridgehead atoms. The number of carbonyl (C=O) groups is 2. The molecule has 2 unspecified atom stereocenters. The van der Waals surface area contributed by atoms with Gasteiger partial charge in [0, 0.05) is 18.3 Å². The molecule has 1 heterocycles. The van der Waals surface area contributed by atoms with Crippen LogP contribution >= 0.6 is 0 Å². The predicted molar refractivity (Wildman–Crippen MR) is 143 cm³/mol. The molecule has 2 aromatic carbocycles. The van der Waals surface area contributed by atoms with Crippen molar-refractivity contribution in [2.45, 2.75) is 32.7 Å². The number of rotatable bonds is 10. The molecular weight excluding hydrogens is 448 g/mol. The van der Waals surface area contributed by atoms with Gasteiger partial charge in [-0.25, -0.2) is 4.98 Å². The van der Waals surface area contributed by atoms with Crippen LogP contribution in [0.25, 0.3) is 5.57 Å². The van der Waals surface area contributed by atoms with Crippen LogP contribution in [-0.4, -0.2) is 23.2 Å². The summed E-state index contributed by atoms with van der Waals surface area (Å²) in [7, 11) is 0. The molecule has 0 saturated carbocycles. The zero-order valence-corrected chi connectivity index (χ0v) is 20.7. The number of pyridine rings is 1. The van der Waals surface area contributed by atoms with Crippen molar-refractivity contribution < 1.29 is 9.59 Å². The van der Waals surface area contributed by atoms with Gasteiger partial charge in [0.1, 0.15) is 11.9 Å². The van der Waals surface area contributed by atoms with Crippen LogP contribution < -0.4 is 10.6 Å². The fourth-order valence-corrected chi connectivity index (χ4v) is 3.77. The van der Waals surface area contributed by atoms with E-state index in [1.165, 1.54) is 6.92 Å². The number of nitriles is 1. The first kappa shape index (κ1) is 26.3. The molecule has 3 aromatic rings. The van der Waals surface area contributed by atoms with E-state index in [1.54, 1.807) is 30.5 Å². The van der Waals surface area contributed by atoms with Gasteiger partial charge in [-0.15, -0.1) is 0 Å². The van der Waals surface area contributed by atoms with Crippen molar-refractivity contribution in [3.63, 3.8) is 0 Å². The lowest BCUT2D eigenvalue weighted by molar-refractivity contribution is -0.118. The average Bonchev–Trinajstić information content (AvgIpc) is 2.89. The third kappa shape index (κ3) is 7.33. The molecular formula is C30H30N4O2. The maximum atomic E-state index is 13.3. The van der Waals surface area contributed by atoms with E-state index in [0.29, 0.717) is 17.9 Å². The van der Waals surface area contributed by atoms with Gasteiger partial charge in [0.2, 0.25) is 5.91 Å². The lowest BCUT2D eigenvalue weighted by Gasteiger charge is -2.21. The number of amides is 1. The molecule has 0 fully saturated rings. The Morgan fingerprint density at radius 2 is 1.75 bits per heavy atom.